The summed E-state index contributed by atoms with van der Waals surface area (Å²) in [4.78, 5) is 23.3. The molecule has 6 heteroatoms. The molecule has 2 amide bonds. The zero-order valence-corrected chi connectivity index (χ0v) is 14.6. The number of rotatable bonds is 7. The highest BCUT2D eigenvalue weighted by Gasteiger charge is 2.08. The standard InChI is InChI=1S/C19H22N2O4/c1-13-4-9-16(17(10-13)24-3)25-12-19(23)21-15-7-5-14(6-8-15)11-18(22)20-2/h4-10H,11-12H2,1-3H3,(H,20,22)(H,21,23). The smallest absolute Gasteiger partial charge is 0.262 e. The van der Waals surface area contributed by atoms with Gasteiger partial charge < -0.3 is 20.1 Å². The van der Waals surface area contributed by atoms with Crippen LogP contribution < -0.4 is 20.1 Å². The Morgan fingerprint density at radius 3 is 2.36 bits per heavy atom. The molecule has 0 heterocycles. The Morgan fingerprint density at radius 2 is 1.72 bits per heavy atom. The maximum Gasteiger partial charge on any atom is 0.262 e. The first-order valence-corrected chi connectivity index (χ1v) is 7.88. The quantitative estimate of drug-likeness (QED) is 0.809. The highest BCUT2D eigenvalue weighted by Crippen LogP contribution is 2.27. The van der Waals surface area contributed by atoms with Gasteiger partial charge in [-0.15, -0.1) is 0 Å². The number of methoxy groups -OCH3 is 1. The third kappa shape index (κ3) is 5.53. The molecule has 6 nitrogen and oxygen atoms in total. The summed E-state index contributed by atoms with van der Waals surface area (Å²) in [5, 5.41) is 5.32. The van der Waals surface area contributed by atoms with Gasteiger partial charge in [0.1, 0.15) is 0 Å². The van der Waals surface area contributed by atoms with Gasteiger partial charge in [0.15, 0.2) is 18.1 Å². The molecule has 132 valence electrons. The molecule has 0 aliphatic heterocycles. The predicted octanol–water partition coefficient (Wildman–Crippen LogP) is 2.31. The predicted molar refractivity (Wildman–Crippen MR) is 96.1 cm³/mol. The van der Waals surface area contributed by atoms with Gasteiger partial charge in [-0.3, -0.25) is 9.59 Å². The maximum atomic E-state index is 12.0. The largest absolute Gasteiger partial charge is 0.493 e. The lowest BCUT2D eigenvalue weighted by molar-refractivity contribution is -0.120. The summed E-state index contributed by atoms with van der Waals surface area (Å²) >= 11 is 0. The Labute approximate surface area is 147 Å². The first kappa shape index (κ1) is 18.3. The van der Waals surface area contributed by atoms with Gasteiger partial charge in [0.2, 0.25) is 5.91 Å². The van der Waals surface area contributed by atoms with Gasteiger partial charge in [-0.05, 0) is 42.3 Å². The molecule has 25 heavy (non-hydrogen) atoms. The molecule has 0 atom stereocenters. The molecule has 0 aliphatic carbocycles. The highest BCUT2D eigenvalue weighted by molar-refractivity contribution is 5.92. The second-order valence-electron chi connectivity index (χ2n) is 5.54. The number of anilines is 1. The van der Waals surface area contributed by atoms with E-state index in [-0.39, 0.29) is 18.4 Å². The zero-order chi connectivity index (χ0) is 18.2. The van der Waals surface area contributed by atoms with E-state index in [2.05, 4.69) is 10.6 Å². The van der Waals surface area contributed by atoms with Gasteiger partial charge in [0.25, 0.3) is 5.91 Å². The van der Waals surface area contributed by atoms with Gasteiger partial charge in [0.05, 0.1) is 13.5 Å². The van der Waals surface area contributed by atoms with E-state index >= 15 is 0 Å². The summed E-state index contributed by atoms with van der Waals surface area (Å²) < 4.78 is 10.8. The van der Waals surface area contributed by atoms with E-state index in [4.69, 9.17) is 9.47 Å². The second kappa shape index (κ2) is 8.73. The lowest BCUT2D eigenvalue weighted by Gasteiger charge is -2.11. The minimum absolute atomic E-state index is 0.0581. The summed E-state index contributed by atoms with van der Waals surface area (Å²) in [6, 6.07) is 12.6. The van der Waals surface area contributed by atoms with Crippen molar-refractivity contribution in [2.75, 3.05) is 26.1 Å². The van der Waals surface area contributed by atoms with E-state index in [1.54, 1.807) is 44.5 Å². The van der Waals surface area contributed by atoms with Crippen LogP contribution in [0.3, 0.4) is 0 Å². The summed E-state index contributed by atoms with van der Waals surface area (Å²) in [7, 11) is 3.15. The Bertz CT molecular complexity index is 742. The summed E-state index contributed by atoms with van der Waals surface area (Å²) in [6.07, 6.45) is 0.307. The van der Waals surface area contributed by atoms with Crippen molar-refractivity contribution in [1.29, 1.82) is 0 Å². The van der Waals surface area contributed by atoms with Crippen LogP contribution >= 0.6 is 0 Å². The molecular formula is C19H22N2O4. The molecule has 0 fully saturated rings. The minimum Gasteiger partial charge on any atom is -0.493 e. The number of nitrogens with one attached hydrogen (secondary N) is 2. The van der Waals surface area contributed by atoms with Crippen LogP contribution in [0.2, 0.25) is 0 Å². The fourth-order valence-corrected chi connectivity index (χ4v) is 2.21. The first-order chi connectivity index (χ1) is 12.0. The normalized spacial score (nSPS) is 10.0. The van der Waals surface area contributed by atoms with Gasteiger partial charge in [0, 0.05) is 12.7 Å². The number of hydrogen-bond donors (Lipinski definition) is 2. The molecule has 0 saturated carbocycles. The molecule has 0 radical (unpaired) electrons. The molecular weight excluding hydrogens is 320 g/mol. The fraction of sp³-hybridized carbons (Fsp3) is 0.263. The van der Waals surface area contributed by atoms with Crippen LogP contribution in [-0.4, -0.2) is 32.6 Å². The maximum absolute atomic E-state index is 12.0. The molecule has 2 N–H and O–H groups in total. The molecule has 0 saturated heterocycles. The van der Waals surface area contributed by atoms with Crippen LogP contribution in [0.5, 0.6) is 11.5 Å². The number of amides is 2. The van der Waals surface area contributed by atoms with Crippen LogP contribution in [0, 0.1) is 6.92 Å². The topological polar surface area (TPSA) is 76.7 Å². The van der Waals surface area contributed by atoms with Crippen LogP contribution in [0.25, 0.3) is 0 Å². The second-order valence-corrected chi connectivity index (χ2v) is 5.54. The monoisotopic (exact) mass is 342 g/mol. The van der Waals surface area contributed by atoms with E-state index in [9.17, 15) is 9.59 Å². The summed E-state index contributed by atoms with van der Waals surface area (Å²) in [5.74, 6) is 0.773. The SMILES string of the molecule is CNC(=O)Cc1ccc(NC(=O)COc2ccc(C)cc2OC)cc1. The Hall–Kier alpha value is -3.02. The van der Waals surface area contributed by atoms with Crippen LogP contribution in [0.15, 0.2) is 42.5 Å². The number of hydrogen-bond acceptors (Lipinski definition) is 4. The Morgan fingerprint density at radius 1 is 1.00 bits per heavy atom. The van der Waals surface area contributed by atoms with Gasteiger partial charge in [-0.25, -0.2) is 0 Å². The third-order valence-corrected chi connectivity index (χ3v) is 3.56. The van der Waals surface area contributed by atoms with E-state index < -0.39 is 0 Å². The molecule has 0 spiro atoms. The van der Waals surface area contributed by atoms with E-state index in [1.807, 2.05) is 19.1 Å². The van der Waals surface area contributed by atoms with Crippen LogP contribution in [0.1, 0.15) is 11.1 Å². The zero-order valence-electron chi connectivity index (χ0n) is 14.6. The average Bonchev–Trinajstić information content (AvgIpc) is 2.62. The Kier molecular flexibility index (Phi) is 6.39. The highest BCUT2D eigenvalue weighted by atomic mass is 16.5. The van der Waals surface area contributed by atoms with Gasteiger partial charge >= 0.3 is 0 Å². The van der Waals surface area contributed by atoms with Crippen molar-refractivity contribution in [2.45, 2.75) is 13.3 Å². The van der Waals surface area contributed by atoms with Crippen molar-refractivity contribution in [3.63, 3.8) is 0 Å². The number of ether oxygens (including phenoxy) is 2. The minimum atomic E-state index is -0.276. The number of carbonyl (C=O) groups excluding carboxylic acids is 2. The molecule has 2 rings (SSSR count). The van der Waals surface area contributed by atoms with E-state index in [0.717, 1.165) is 11.1 Å². The van der Waals surface area contributed by atoms with Crippen molar-refractivity contribution >= 4 is 17.5 Å². The molecule has 0 unspecified atom stereocenters. The van der Waals surface area contributed by atoms with Crippen molar-refractivity contribution in [3.05, 3.63) is 53.6 Å². The molecule has 0 aliphatic rings. The van der Waals surface area contributed by atoms with Crippen molar-refractivity contribution in [1.82, 2.24) is 5.32 Å². The fourth-order valence-electron chi connectivity index (χ4n) is 2.21. The molecule has 2 aromatic carbocycles. The average molecular weight is 342 g/mol. The van der Waals surface area contributed by atoms with Crippen LogP contribution in [0.4, 0.5) is 5.69 Å². The number of likely N-dealkylation sites (N-methyl/N-ethyl adjacent to an activating group) is 1. The van der Waals surface area contributed by atoms with Crippen molar-refractivity contribution in [3.8, 4) is 11.5 Å². The van der Waals surface area contributed by atoms with Gasteiger partial charge in [-0.1, -0.05) is 18.2 Å². The number of carbonyl (C=O) groups is 2. The Balaban J connectivity index is 1.89. The van der Waals surface area contributed by atoms with E-state index in [1.165, 1.54) is 0 Å². The third-order valence-electron chi connectivity index (χ3n) is 3.56. The summed E-state index contributed by atoms with van der Waals surface area (Å²) in [5.41, 5.74) is 2.56. The number of benzene rings is 2. The summed E-state index contributed by atoms with van der Waals surface area (Å²) in [6.45, 7) is 1.83. The molecule has 0 bridgehead atoms. The lowest BCUT2D eigenvalue weighted by atomic mass is 10.1. The molecule has 0 aromatic heterocycles. The molecule has 2 aromatic rings. The van der Waals surface area contributed by atoms with E-state index in [0.29, 0.717) is 23.6 Å². The van der Waals surface area contributed by atoms with Crippen molar-refractivity contribution < 1.29 is 19.1 Å². The lowest BCUT2D eigenvalue weighted by Crippen LogP contribution is -2.21. The van der Waals surface area contributed by atoms with Crippen molar-refractivity contribution in [2.24, 2.45) is 0 Å². The van der Waals surface area contributed by atoms with Gasteiger partial charge in [-0.2, -0.15) is 0 Å². The first-order valence-electron chi connectivity index (χ1n) is 7.88. The van der Waals surface area contributed by atoms with Crippen LogP contribution in [-0.2, 0) is 16.0 Å². The number of aryl methyl sites for hydroxylation is 1.